The zero-order valence-electron chi connectivity index (χ0n) is 19.4. The SMILES string of the molecule is Cl.Cl.N#Cc1ccc2c(c1)CNC(Cc1ccccc1)[C@@H](S(=O)(=O)c1ccc(Br)s1)N2Cc1cnc[nH]1. The monoisotopic (exact) mass is 639 g/mol. The average Bonchev–Trinajstić information content (AvgIpc) is 3.51. The van der Waals surface area contributed by atoms with Crippen molar-refractivity contribution in [3.8, 4) is 6.07 Å². The van der Waals surface area contributed by atoms with Crippen molar-refractivity contribution in [2.45, 2.75) is 35.1 Å². The fourth-order valence-corrected chi connectivity index (χ4v) is 8.61. The van der Waals surface area contributed by atoms with Crippen LogP contribution in [0.15, 0.2) is 81.2 Å². The summed E-state index contributed by atoms with van der Waals surface area (Å²) in [6.07, 6.45) is 3.82. The Labute approximate surface area is 240 Å². The highest BCUT2D eigenvalue weighted by atomic mass is 79.9. The summed E-state index contributed by atoms with van der Waals surface area (Å²) in [5, 5.41) is 12.1. The molecular weight excluding hydrogens is 617 g/mol. The second-order valence-electron chi connectivity index (χ2n) is 8.33. The van der Waals surface area contributed by atoms with Gasteiger partial charge in [-0.3, -0.25) is 0 Å². The van der Waals surface area contributed by atoms with Gasteiger partial charge < -0.3 is 15.2 Å². The van der Waals surface area contributed by atoms with Crippen molar-refractivity contribution >= 4 is 67.6 Å². The number of nitriles is 1. The van der Waals surface area contributed by atoms with Crippen LogP contribution in [-0.2, 0) is 29.3 Å². The van der Waals surface area contributed by atoms with E-state index in [1.807, 2.05) is 47.4 Å². The molecule has 2 atom stereocenters. The van der Waals surface area contributed by atoms with Crippen LogP contribution in [0.1, 0.15) is 22.4 Å². The molecule has 2 N–H and O–H groups in total. The first kappa shape index (κ1) is 29.2. The van der Waals surface area contributed by atoms with Crippen LogP contribution in [0, 0.1) is 11.3 Å². The van der Waals surface area contributed by atoms with Gasteiger partial charge in [-0.1, -0.05) is 30.3 Å². The molecule has 1 unspecified atom stereocenters. The van der Waals surface area contributed by atoms with Crippen LogP contribution < -0.4 is 10.2 Å². The minimum atomic E-state index is -3.79. The predicted octanol–water partition coefficient (Wildman–Crippen LogP) is 5.47. The molecule has 7 nitrogen and oxygen atoms in total. The van der Waals surface area contributed by atoms with Crippen LogP contribution in [0.5, 0.6) is 0 Å². The average molecular weight is 641 g/mol. The lowest BCUT2D eigenvalue weighted by atomic mass is 10.1. The maximum absolute atomic E-state index is 14.3. The molecule has 0 aliphatic carbocycles. The number of thiophene rings is 1. The smallest absolute Gasteiger partial charge is 0.210 e. The molecule has 1 aliphatic heterocycles. The van der Waals surface area contributed by atoms with Crippen molar-refractivity contribution in [2.75, 3.05) is 4.90 Å². The third-order valence-electron chi connectivity index (χ3n) is 6.06. The van der Waals surface area contributed by atoms with Crippen LogP contribution in [0.4, 0.5) is 5.69 Å². The van der Waals surface area contributed by atoms with Gasteiger partial charge >= 0.3 is 0 Å². The lowest BCUT2D eigenvalue weighted by Crippen LogP contribution is -2.53. The Bertz CT molecular complexity index is 1470. The summed E-state index contributed by atoms with van der Waals surface area (Å²) in [5.41, 5.74) is 4.05. The van der Waals surface area contributed by atoms with E-state index in [1.54, 1.807) is 30.7 Å². The van der Waals surface area contributed by atoms with E-state index in [2.05, 4.69) is 37.3 Å². The largest absolute Gasteiger partial charge is 0.347 e. The number of aromatic amines is 1. The Morgan fingerprint density at radius 1 is 1.14 bits per heavy atom. The van der Waals surface area contributed by atoms with Crippen molar-refractivity contribution in [1.29, 1.82) is 5.26 Å². The third-order valence-corrected chi connectivity index (χ3v) is 10.3. The number of anilines is 1. The van der Waals surface area contributed by atoms with E-state index < -0.39 is 21.3 Å². The Hall–Kier alpha value is -2.39. The molecular formula is C25H24BrCl2N5O2S2. The molecule has 2 aromatic heterocycles. The Kier molecular flexibility index (Phi) is 9.80. The lowest BCUT2D eigenvalue weighted by molar-refractivity contribution is 0.464. The number of aromatic nitrogens is 2. The Morgan fingerprint density at radius 3 is 2.57 bits per heavy atom. The summed E-state index contributed by atoms with van der Waals surface area (Å²) in [6.45, 7) is 0.768. The minimum absolute atomic E-state index is 0. The topological polar surface area (TPSA) is 102 Å². The Morgan fingerprint density at radius 2 is 1.92 bits per heavy atom. The number of fused-ring (bicyclic) bond motifs is 1. The van der Waals surface area contributed by atoms with Gasteiger partial charge in [0.1, 0.15) is 4.21 Å². The molecule has 1 aliphatic rings. The molecule has 3 heterocycles. The molecule has 5 rings (SSSR count). The number of rotatable bonds is 6. The van der Waals surface area contributed by atoms with Gasteiger partial charge in [0, 0.05) is 24.5 Å². The highest BCUT2D eigenvalue weighted by molar-refractivity contribution is 9.11. The van der Waals surface area contributed by atoms with E-state index in [-0.39, 0.29) is 24.8 Å². The number of hydrogen-bond acceptors (Lipinski definition) is 7. The van der Waals surface area contributed by atoms with Crippen LogP contribution in [-0.4, -0.2) is 29.8 Å². The second-order valence-corrected chi connectivity index (χ2v) is 13.1. The standard InChI is InChI=1S/C25H22BrN5O2S2.2ClH/c26-23-8-9-24(34-23)35(32,33)25-21(11-17-4-2-1-3-5-17)29-13-19-10-18(12-27)6-7-22(19)31(25)15-20-14-28-16-30-20;;/h1-10,14,16,21,25,29H,11,13,15H2,(H,28,30);2*1H/t21?,25-;;/m1../s1. The molecule has 0 spiro atoms. The number of benzene rings is 2. The number of sulfone groups is 1. The van der Waals surface area contributed by atoms with Crippen LogP contribution >= 0.6 is 52.1 Å². The van der Waals surface area contributed by atoms with E-state index in [1.165, 1.54) is 11.3 Å². The number of nitrogens with one attached hydrogen (secondary N) is 2. The molecule has 0 bridgehead atoms. The van der Waals surface area contributed by atoms with Crippen LogP contribution in [0.3, 0.4) is 0 Å². The summed E-state index contributed by atoms with van der Waals surface area (Å²) >= 11 is 4.63. The van der Waals surface area contributed by atoms with Crippen molar-refractivity contribution in [2.24, 2.45) is 0 Å². The van der Waals surface area contributed by atoms with Gasteiger partial charge in [-0.05, 0) is 63.8 Å². The Balaban J connectivity index is 0.00000190. The summed E-state index contributed by atoms with van der Waals surface area (Å²) < 4.78 is 29.6. The van der Waals surface area contributed by atoms with Crippen molar-refractivity contribution in [3.05, 3.63) is 99.4 Å². The first-order valence-electron chi connectivity index (χ1n) is 11.0. The highest BCUT2D eigenvalue weighted by Gasteiger charge is 2.42. The van der Waals surface area contributed by atoms with E-state index >= 15 is 0 Å². The van der Waals surface area contributed by atoms with E-state index in [4.69, 9.17) is 0 Å². The molecule has 0 saturated heterocycles. The van der Waals surface area contributed by atoms with Crippen molar-refractivity contribution in [3.63, 3.8) is 0 Å². The maximum Gasteiger partial charge on any atom is 0.210 e. The molecule has 0 saturated carbocycles. The van der Waals surface area contributed by atoms with Gasteiger partial charge in [0.05, 0.1) is 34.0 Å². The molecule has 2 aromatic carbocycles. The van der Waals surface area contributed by atoms with Crippen LogP contribution in [0.2, 0.25) is 0 Å². The van der Waals surface area contributed by atoms with E-state index in [9.17, 15) is 13.7 Å². The first-order valence-corrected chi connectivity index (χ1v) is 14.1. The van der Waals surface area contributed by atoms with Gasteiger partial charge in [-0.25, -0.2) is 13.4 Å². The summed E-state index contributed by atoms with van der Waals surface area (Å²) in [6, 6.07) is 20.5. The zero-order chi connectivity index (χ0) is 24.4. The van der Waals surface area contributed by atoms with Gasteiger partial charge in [0.25, 0.3) is 0 Å². The van der Waals surface area contributed by atoms with E-state index in [0.717, 1.165) is 26.3 Å². The van der Waals surface area contributed by atoms with Crippen molar-refractivity contribution < 1.29 is 8.42 Å². The molecule has 37 heavy (non-hydrogen) atoms. The number of imidazole rings is 1. The third kappa shape index (κ3) is 6.20. The number of H-pyrrole nitrogens is 1. The van der Waals surface area contributed by atoms with Gasteiger partial charge in [0.2, 0.25) is 9.84 Å². The summed E-state index contributed by atoms with van der Waals surface area (Å²) in [7, 11) is -3.79. The summed E-state index contributed by atoms with van der Waals surface area (Å²) in [4.78, 5) is 9.18. The number of nitrogens with zero attached hydrogens (tertiary/aromatic N) is 3. The minimum Gasteiger partial charge on any atom is -0.347 e. The molecule has 0 radical (unpaired) electrons. The van der Waals surface area contributed by atoms with Gasteiger partial charge in [-0.2, -0.15) is 5.26 Å². The molecule has 12 heteroatoms. The zero-order valence-corrected chi connectivity index (χ0v) is 24.2. The molecule has 0 fully saturated rings. The lowest BCUT2D eigenvalue weighted by Gasteiger charge is -2.36. The molecule has 0 amide bonds. The number of hydrogen-bond donors (Lipinski definition) is 2. The highest BCUT2D eigenvalue weighted by Crippen LogP contribution is 2.37. The van der Waals surface area contributed by atoms with Gasteiger partial charge in [-0.15, -0.1) is 36.2 Å². The van der Waals surface area contributed by atoms with Gasteiger partial charge in [0.15, 0.2) is 5.37 Å². The van der Waals surface area contributed by atoms with E-state index in [0.29, 0.717) is 29.3 Å². The molecule has 194 valence electrons. The number of halogens is 3. The second kappa shape index (κ2) is 12.4. The normalized spacial score (nSPS) is 17.0. The fourth-order valence-electron chi connectivity index (χ4n) is 4.50. The quantitative estimate of drug-likeness (QED) is 0.290. The maximum atomic E-state index is 14.3. The first-order chi connectivity index (χ1) is 17.0. The summed E-state index contributed by atoms with van der Waals surface area (Å²) in [5.74, 6) is 0. The fraction of sp³-hybridized carbons (Fsp3) is 0.200. The van der Waals surface area contributed by atoms with Crippen molar-refractivity contribution in [1.82, 2.24) is 15.3 Å². The van der Waals surface area contributed by atoms with Crippen LogP contribution in [0.25, 0.3) is 0 Å². The molecule has 4 aromatic rings. The predicted molar refractivity (Wildman–Crippen MR) is 154 cm³/mol.